The van der Waals surface area contributed by atoms with Crippen molar-refractivity contribution >= 4 is 15.7 Å². The second kappa shape index (κ2) is 6.72. The van der Waals surface area contributed by atoms with E-state index in [4.69, 9.17) is 5.73 Å². The maximum absolute atomic E-state index is 13.7. The lowest BCUT2D eigenvalue weighted by Crippen LogP contribution is -2.37. The van der Waals surface area contributed by atoms with Crippen molar-refractivity contribution in [2.75, 3.05) is 25.9 Å². The van der Waals surface area contributed by atoms with Crippen molar-refractivity contribution in [1.82, 2.24) is 9.62 Å². The Balaban J connectivity index is 1.92. The molecule has 0 bridgehead atoms. The predicted octanol–water partition coefficient (Wildman–Crippen LogP) is 1.56. The van der Waals surface area contributed by atoms with Crippen LogP contribution in [0.4, 0.5) is 10.1 Å². The molecule has 0 aromatic heterocycles. The number of nitrogens with one attached hydrogen (secondary N) is 1. The lowest BCUT2D eigenvalue weighted by atomic mass is 10.2. The van der Waals surface area contributed by atoms with Crippen molar-refractivity contribution in [3.8, 4) is 0 Å². The van der Waals surface area contributed by atoms with Gasteiger partial charge in [0, 0.05) is 24.8 Å². The summed E-state index contributed by atoms with van der Waals surface area (Å²) in [5, 5.41) is 0. The van der Waals surface area contributed by atoms with Crippen LogP contribution in [0, 0.1) is 5.82 Å². The van der Waals surface area contributed by atoms with Gasteiger partial charge in [-0.05, 0) is 38.1 Å². The highest BCUT2D eigenvalue weighted by molar-refractivity contribution is 7.89. The fraction of sp³-hybridized carbons (Fsp3) is 0.571. The van der Waals surface area contributed by atoms with Crippen LogP contribution >= 0.6 is 0 Å². The van der Waals surface area contributed by atoms with Crippen molar-refractivity contribution in [3.05, 3.63) is 24.0 Å². The molecule has 118 valence electrons. The van der Waals surface area contributed by atoms with Crippen molar-refractivity contribution in [3.63, 3.8) is 0 Å². The van der Waals surface area contributed by atoms with Gasteiger partial charge < -0.3 is 10.6 Å². The first kappa shape index (κ1) is 16.2. The molecule has 0 amide bonds. The summed E-state index contributed by atoms with van der Waals surface area (Å²) in [7, 11) is -1.84. The largest absolute Gasteiger partial charge is 0.399 e. The summed E-state index contributed by atoms with van der Waals surface area (Å²) < 4.78 is 40.2. The molecule has 0 atom stereocenters. The first-order valence-corrected chi connectivity index (χ1v) is 8.63. The minimum Gasteiger partial charge on any atom is -0.399 e. The van der Waals surface area contributed by atoms with E-state index in [-0.39, 0.29) is 17.1 Å². The van der Waals surface area contributed by atoms with Gasteiger partial charge in [-0.15, -0.1) is 0 Å². The Kier molecular flexibility index (Phi) is 5.18. The Bertz CT molecular complexity index is 586. The van der Waals surface area contributed by atoms with Crippen LogP contribution < -0.4 is 10.5 Å². The number of benzene rings is 1. The van der Waals surface area contributed by atoms with E-state index in [1.54, 1.807) is 0 Å². The van der Waals surface area contributed by atoms with Crippen LogP contribution in [-0.4, -0.2) is 39.5 Å². The van der Waals surface area contributed by atoms with Crippen molar-refractivity contribution in [2.24, 2.45) is 0 Å². The van der Waals surface area contributed by atoms with Gasteiger partial charge in [0.2, 0.25) is 10.0 Å². The van der Waals surface area contributed by atoms with Gasteiger partial charge in [0.1, 0.15) is 10.7 Å². The van der Waals surface area contributed by atoms with Crippen LogP contribution in [0.1, 0.15) is 25.7 Å². The predicted molar refractivity (Wildman–Crippen MR) is 80.9 cm³/mol. The van der Waals surface area contributed by atoms with E-state index in [9.17, 15) is 12.8 Å². The van der Waals surface area contributed by atoms with E-state index >= 15 is 0 Å². The number of nitrogens with zero attached hydrogens (tertiary/aromatic N) is 1. The molecule has 0 aliphatic heterocycles. The van der Waals surface area contributed by atoms with Crippen molar-refractivity contribution < 1.29 is 12.8 Å². The number of nitrogens with two attached hydrogens (primary N) is 1. The van der Waals surface area contributed by atoms with Gasteiger partial charge >= 0.3 is 0 Å². The molecule has 0 spiro atoms. The van der Waals surface area contributed by atoms with E-state index in [2.05, 4.69) is 9.62 Å². The fourth-order valence-corrected chi connectivity index (χ4v) is 3.78. The zero-order valence-electron chi connectivity index (χ0n) is 12.2. The summed E-state index contributed by atoms with van der Waals surface area (Å²) in [5.41, 5.74) is 5.62. The van der Waals surface area contributed by atoms with E-state index in [0.717, 1.165) is 18.9 Å². The van der Waals surface area contributed by atoms with Gasteiger partial charge in [-0.1, -0.05) is 12.8 Å². The van der Waals surface area contributed by atoms with Crippen LogP contribution in [-0.2, 0) is 10.0 Å². The van der Waals surface area contributed by atoms with Gasteiger partial charge in [-0.2, -0.15) is 0 Å². The molecule has 1 aromatic rings. The van der Waals surface area contributed by atoms with Gasteiger partial charge in [-0.3, -0.25) is 0 Å². The standard InChI is InChI=1S/C14H22FN3O2S/c1-18(12-4-2-3-5-12)9-8-17-21(19,20)14-7-6-11(16)10-13(14)15/h6-7,10,12,17H,2-5,8-9,16H2,1H3. The Hall–Kier alpha value is -1.18. The average molecular weight is 315 g/mol. The topological polar surface area (TPSA) is 75.4 Å². The second-order valence-electron chi connectivity index (χ2n) is 5.51. The Morgan fingerprint density at radius 3 is 2.67 bits per heavy atom. The molecule has 1 aliphatic carbocycles. The number of likely N-dealkylation sites (N-methyl/N-ethyl adjacent to an activating group) is 1. The van der Waals surface area contributed by atoms with E-state index in [1.165, 1.54) is 25.0 Å². The number of rotatable bonds is 6. The smallest absolute Gasteiger partial charge is 0.243 e. The summed E-state index contributed by atoms with van der Waals surface area (Å²) in [6.45, 7) is 0.875. The van der Waals surface area contributed by atoms with E-state index in [1.807, 2.05) is 7.05 Å². The van der Waals surface area contributed by atoms with Crippen LogP contribution in [0.2, 0.25) is 0 Å². The molecule has 0 unspecified atom stereocenters. The lowest BCUT2D eigenvalue weighted by molar-refractivity contribution is 0.250. The molecule has 7 heteroatoms. The zero-order valence-corrected chi connectivity index (χ0v) is 13.0. The minimum absolute atomic E-state index is 0.201. The number of anilines is 1. The van der Waals surface area contributed by atoms with Gasteiger partial charge in [0.15, 0.2) is 0 Å². The summed E-state index contributed by atoms with van der Waals surface area (Å²) in [4.78, 5) is 1.80. The molecule has 1 saturated carbocycles. The molecule has 0 saturated heterocycles. The van der Waals surface area contributed by atoms with Gasteiger partial charge in [-0.25, -0.2) is 17.5 Å². The Labute approximate surface area is 125 Å². The normalized spacial score (nSPS) is 16.7. The maximum Gasteiger partial charge on any atom is 0.243 e. The van der Waals surface area contributed by atoms with Crippen LogP contribution in [0.25, 0.3) is 0 Å². The fourth-order valence-electron chi connectivity index (χ4n) is 2.70. The third-order valence-corrected chi connectivity index (χ3v) is 5.44. The molecule has 1 aromatic carbocycles. The van der Waals surface area contributed by atoms with Gasteiger partial charge in [0.05, 0.1) is 0 Å². The minimum atomic E-state index is -3.83. The molecular formula is C14H22FN3O2S. The molecule has 1 aliphatic rings. The molecule has 0 radical (unpaired) electrons. The SMILES string of the molecule is CN(CCNS(=O)(=O)c1ccc(N)cc1F)C1CCCC1. The molecule has 0 heterocycles. The average Bonchev–Trinajstić information content (AvgIpc) is 2.91. The monoisotopic (exact) mass is 315 g/mol. The number of halogens is 1. The molecule has 5 nitrogen and oxygen atoms in total. The van der Waals surface area contributed by atoms with Gasteiger partial charge in [0.25, 0.3) is 0 Å². The molecule has 1 fully saturated rings. The maximum atomic E-state index is 13.7. The summed E-state index contributed by atoms with van der Waals surface area (Å²) in [5.74, 6) is -0.827. The lowest BCUT2D eigenvalue weighted by Gasteiger charge is -2.23. The summed E-state index contributed by atoms with van der Waals surface area (Å²) in [6, 6.07) is 4.11. The summed E-state index contributed by atoms with van der Waals surface area (Å²) in [6.07, 6.45) is 4.79. The molecule has 21 heavy (non-hydrogen) atoms. The number of sulfonamides is 1. The van der Waals surface area contributed by atoms with Crippen molar-refractivity contribution in [1.29, 1.82) is 0 Å². The second-order valence-corrected chi connectivity index (χ2v) is 7.24. The first-order valence-electron chi connectivity index (χ1n) is 7.15. The zero-order chi connectivity index (χ0) is 15.5. The van der Waals surface area contributed by atoms with Crippen LogP contribution in [0.3, 0.4) is 0 Å². The highest BCUT2D eigenvalue weighted by Crippen LogP contribution is 2.22. The van der Waals surface area contributed by atoms with Crippen LogP contribution in [0.5, 0.6) is 0 Å². The molecule has 3 N–H and O–H groups in total. The molecule has 2 rings (SSSR count). The van der Waals surface area contributed by atoms with Crippen molar-refractivity contribution in [2.45, 2.75) is 36.6 Å². The van der Waals surface area contributed by atoms with E-state index < -0.39 is 15.8 Å². The Morgan fingerprint density at radius 1 is 1.38 bits per heavy atom. The third-order valence-electron chi connectivity index (χ3n) is 3.95. The highest BCUT2D eigenvalue weighted by atomic mass is 32.2. The van der Waals surface area contributed by atoms with Crippen LogP contribution in [0.15, 0.2) is 23.1 Å². The number of hydrogen-bond donors (Lipinski definition) is 2. The quantitative estimate of drug-likeness (QED) is 0.781. The third kappa shape index (κ3) is 4.15. The number of hydrogen-bond acceptors (Lipinski definition) is 4. The first-order chi connectivity index (χ1) is 9.90. The number of nitrogen functional groups attached to an aromatic ring is 1. The summed E-state index contributed by atoms with van der Waals surface area (Å²) >= 11 is 0. The van der Waals surface area contributed by atoms with E-state index in [0.29, 0.717) is 12.6 Å². The molecular weight excluding hydrogens is 293 g/mol. The highest BCUT2D eigenvalue weighted by Gasteiger charge is 2.21. The Morgan fingerprint density at radius 2 is 2.05 bits per heavy atom.